The molecule has 0 unspecified atom stereocenters. The number of anilines is 2. The summed E-state index contributed by atoms with van der Waals surface area (Å²) in [7, 11) is 0. The van der Waals surface area contributed by atoms with Crippen molar-refractivity contribution in [3.05, 3.63) is 58.4 Å². The lowest BCUT2D eigenvalue weighted by Gasteiger charge is -2.10. The van der Waals surface area contributed by atoms with E-state index in [1.54, 1.807) is 12.1 Å². The average Bonchev–Trinajstić information content (AvgIpc) is 2.36. The first-order valence-corrected chi connectivity index (χ1v) is 5.98. The molecule has 2 rings (SSSR count). The van der Waals surface area contributed by atoms with E-state index < -0.39 is 5.82 Å². The third-order valence-electron chi connectivity index (χ3n) is 2.75. The van der Waals surface area contributed by atoms with Gasteiger partial charge in [-0.25, -0.2) is 4.39 Å². The molecule has 2 aromatic carbocycles. The summed E-state index contributed by atoms with van der Waals surface area (Å²) in [5, 5.41) is 2.74. The van der Waals surface area contributed by atoms with Crippen LogP contribution in [0.3, 0.4) is 0 Å². The van der Waals surface area contributed by atoms with Gasteiger partial charge in [-0.3, -0.25) is 4.79 Å². The van der Waals surface area contributed by atoms with E-state index in [0.717, 1.165) is 11.6 Å². The van der Waals surface area contributed by atoms with Crippen molar-refractivity contribution in [1.29, 1.82) is 0 Å². The van der Waals surface area contributed by atoms with Gasteiger partial charge in [-0.2, -0.15) is 0 Å². The molecular formula is C14H12ClFN2O. The van der Waals surface area contributed by atoms with Crippen molar-refractivity contribution in [2.45, 2.75) is 6.92 Å². The lowest BCUT2D eigenvalue weighted by molar-refractivity contribution is 0.102. The molecule has 19 heavy (non-hydrogen) atoms. The molecule has 0 bridgehead atoms. The first kappa shape index (κ1) is 13.4. The zero-order valence-corrected chi connectivity index (χ0v) is 11.0. The van der Waals surface area contributed by atoms with Gasteiger partial charge >= 0.3 is 0 Å². The van der Waals surface area contributed by atoms with Crippen LogP contribution in [0.2, 0.25) is 5.02 Å². The molecule has 0 saturated heterocycles. The molecule has 0 fully saturated rings. The van der Waals surface area contributed by atoms with Crippen molar-refractivity contribution in [1.82, 2.24) is 0 Å². The molecule has 0 saturated carbocycles. The van der Waals surface area contributed by atoms with Crippen molar-refractivity contribution in [3.8, 4) is 0 Å². The fourth-order valence-corrected chi connectivity index (χ4v) is 1.87. The zero-order chi connectivity index (χ0) is 14.0. The largest absolute Gasteiger partial charge is 0.398 e. The Hall–Kier alpha value is -2.07. The molecule has 0 aromatic heterocycles. The maximum atomic E-state index is 12.9. The van der Waals surface area contributed by atoms with Crippen LogP contribution in [0.5, 0.6) is 0 Å². The Balaban J connectivity index is 2.28. The molecule has 0 heterocycles. The molecule has 2 aromatic rings. The second-order valence-electron chi connectivity index (χ2n) is 4.11. The number of halogens is 2. The molecular weight excluding hydrogens is 267 g/mol. The maximum Gasteiger partial charge on any atom is 0.257 e. The van der Waals surface area contributed by atoms with Crippen LogP contribution in [0.25, 0.3) is 0 Å². The van der Waals surface area contributed by atoms with E-state index in [-0.39, 0.29) is 10.9 Å². The molecule has 0 aliphatic heterocycles. The van der Waals surface area contributed by atoms with Crippen LogP contribution in [0, 0.1) is 12.7 Å². The standard InChI is InChI=1S/C14H12ClFN2O/c1-8-3-2-4-10(13(8)17)14(19)18-12-6-5-9(16)7-11(12)15/h2-7H,17H2,1H3,(H,18,19). The monoisotopic (exact) mass is 278 g/mol. The van der Waals surface area contributed by atoms with Crippen molar-refractivity contribution in [3.63, 3.8) is 0 Å². The highest BCUT2D eigenvalue weighted by Crippen LogP contribution is 2.24. The molecule has 0 spiro atoms. The summed E-state index contributed by atoms with van der Waals surface area (Å²) in [4.78, 5) is 12.1. The third kappa shape index (κ3) is 2.85. The number of hydrogen-bond acceptors (Lipinski definition) is 2. The van der Waals surface area contributed by atoms with Gasteiger partial charge in [0.05, 0.1) is 16.3 Å². The molecule has 0 aliphatic carbocycles. The summed E-state index contributed by atoms with van der Waals surface area (Å²) in [5.74, 6) is -0.840. The van der Waals surface area contributed by atoms with Crippen molar-refractivity contribution in [2.24, 2.45) is 0 Å². The van der Waals surface area contributed by atoms with E-state index in [4.69, 9.17) is 17.3 Å². The van der Waals surface area contributed by atoms with Gasteiger partial charge in [0.1, 0.15) is 5.82 Å². The summed E-state index contributed by atoms with van der Waals surface area (Å²) >= 11 is 5.85. The van der Waals surface area contributed by atoms with Crippen LogP contribution in [-0.4, -0.2) is 5.91 Å². The molecule has 0 atom stereocenters. The minimum absolute atomic E-state index is 0.138. The van der Waals surface area contributed by atoms with E-state index in [9.17, 15) is 9.18 Å². The fraction of sp³-hybridized carbons (Fsp3) is 0.0714. The Morgan fingerprint density at radius 3 is 2.74 bits per heavy atom. The van der Waals surface area contributed by atoms with Crippen LogP contribution >= 0.6 is 11.6 Å². The molecule has 0 radical (unpaired) electrons. The highest BCUT2D eigenvalue weighted by molar-refractivity contribution is 6.34. The van der Waals surface area contributed by atoms with Gasteiger partial charge in [0, 0.05) is 5.69 Å². The van der Waals surface area contributed by atoms with Gasteiger partial charge in [-0.15, -0.1) is 0 Å². The van der Waals surface area contributed by atoms with Gasteiger partial charge in [0.25, 0.3) is 5.91 Å². The van der Waals surface area contributed by atoms with Crippen LogP contribution in [0.1, 0.15) is 15.9 Å². The van der Waals surface area contributed by atoms with Gasteiger partial charge < -0.3 is 11.1 Å². The van der Waals surface area contributed by atoms with E-state index in [0.29, 0.717) is 16.9 Å². The minimum Gasteiger partial charge on any atom is -0.398 e. The van der Waals surface area contributed by atoms with Gasteiger partial charge in [0.2, 0.25) is 0 Å². The van der Waals surface area contributed by atoms with E-state index in [1.165, 1.54) is 12.1 Å². The smallest absolute Gasteiger partial charge is 0.257 e. The summed E-state index contributed by atoms with van der Waals surface area (Å²) in [5.41, 5.74) is 7.78. The summed E-state index contributed by atoms with van der Waals surface area (Å²) in [6, 6.07) is 8.94. The number of carbonyl (C=O) groups is 1. The number of hydrogen-bond donors (Lipinski definition) is 2. The predicted octanol–water partition coefficient (Wildman–Crippen LogP) is 3.62. The summed E-state index contributed by atoms with van der Waals surface area (Å²) < 4.78 is 12.9. The number of amides is 1. The van der Waals surface area contributed by atoms with Crippen LogP contribution in [0.4, 0.5) is 15.8 Å². The van der Waals surface area contributed by atoms with Gasteiger partial charge in [0.15, 0.2) is 0 Å². The molecule has 5 heteroatoms. The van der Waals surface area contributed by atoms with E-state index >= 15 is 0 Å². The molecule has 0 aliphatic rings. The lowest BCUT2D eigenvalue weighted by atomic mass is 10.1. The summed E-state index contributed by atoms with van der Waals surface area (Å²) in [6.45, 7) is 1.82. The number of nitrogens with one attached hydrogen (secondary N) is 1. The Morgan fingerprint density at radius 1 is 1.32 bits per heavy atom. The van der Waals surface area contributed by atoms with Crippen molar-refractivity contribution < 1.29 is 9.18 Å². The quantitative estimate of drug-likeness (QED) is 0.824. The topological polar surface area (TPSA) is 55.1 Å². The first-order chi connectivity index (χ1) is 8.99. The second-order valence-corrected chi connectivity index (χ2v) is 4.52. The Labute approximate surface area is 115 Å². The molecule has 3 N–H and O–H groups in total. The summed E-state index contributed by atoms with van der Waals surface area (Å²) in [6.07, 6.45) is 0. The van der Waals surface area contributed by atoms with Crippen molar-refractivity contribution >= 4 is 28.9 Å². The Morgan fingerprint density at radius 2 is 2.05 bits per heavy atom. The number of rotatable bonds is 2. The van der Waals surface area contributed by atoms with E-state index in [1.807, 2.05) is 13.0 Å². The first-order valence-electron chi connectivity index (χ1n) is 5.60. The Kier molecular flexibility index (Phi) is 3.71. The van der Waals surface area contributed by atoms with Gasteiger partial charge in [-0.05, 0) is 36.8 Å². The van der Waals surface area contributed by atoms with Crippen LogP contribution in [-0.2, 0) is 0 Å². The zero-order valence-electron chi connectivity index (χ0n) is 10.2. The number of nitrogen functional groups attached to an aromatic ring is 1. The average molecular weight is 279 g/mol. The number of para-hydroxylation sites is 1. The normalized spacial score (nSPS) is 10.3. The molecule has 1 amide bonds. The number of nitrogens with two attached hydrogens (primary N) is 1. The number of carbonyl (C=O) groups excluding carboxylic acids is 1. The lowest BCUT2D eigenvalue weighted by Crippen LogP contribution is -2.14. The minimum atomic E-state index is -0.460. The molecule has 3 nitrogen and oxygen atoms in total. The van der Waals surface area contributed by atoms with Crippen LogP contribution in [0.15, 0.2) is 36.4 Å². The highest BCUT2D eigenvalue weighted by Gasteiger charge is 2.12. The predicted molar refractivity (Wildman–Crippen MR) is 75.0 cm³/mol. The Bertz CT molecular complexity index is 643. The fourth-order valence-electron chi connectivity index (χ4n) is 1.66. The number of benzene rings is 2. The highest BCUT2D eigenvalue weighted by atomic mass is 35.5. The maximum absolute atomic E-state index is 12.9. The SMILES string of the molecule is Cc1cccc(C(=O)Nc2ccc(F)cc2Cl)c1N. The van der Waals surface area contributed by atoms with Crippen molar-refractivity contribution in [2.75, 3.05) is 11.1 Å². The number of aryl methyl sites for hydroxylation is 1. The second kappa shape index (κ2) is 5.28. The third-order valence-corrected chi connectivity index (χ3v) is 3.06. The molecule has 98 valence electrons. The van der Waals surface area contributed by atoms with E-state index in [2.05, 4.69) is 5.32 Å². The van der Waals surface area contributed by atoms with Gasteiger partial charge in [-0.1, -0.05) is 23.7 Å². The van der Waals surface area contributed by atoms with Crippen LogP contribution < -0.4 is 11.1 Å².